The van der Waals surface area contributed by atoms with Gasteiger partial charge in [0.1, 0.15) is 5.78 Å². The fraction of sp³-hybridized carbons (Fsp3) is 0.571. The molecule has 0 saturated carbocycles. The third-order valence-corrected chi connectivity index (χ3v) is 2.23. The average Bonchev–Trinajstić information content (AvgIpc) is 2.29. The summed E-state index contributed by atoms with van der Waals surface area (Å²) in [6.07, 6.45) is 9.55. The van der Waals surface area contributed by atoms with E-state index in [-0.39, 0.29) is 11.8 Å². The number of ether oxygens (including phenoxy) is 1. The first-order valence-electron chi connectivity index (χ1n) is 6.16. The van der Waals surface area contributed by atoms with Crippen molar-refractivity contribution in [1.29, 1.82) is 0 Å². The smallest absolute Gasteiger partial charge is 0.330 e. The Labute approximate surface area is 104 Å². The molecule has 0 unspecified atom stereocenters. The van der Waals surface area contributed by atoms with Gasteiger partial charge < -0.3 is 4.74 Å². The van der Waals surface area contributed by atoms with E-state index in [1.54, 1.807) is 13.0 Å². The fourth-order valence-electron chi connectivity index (χ4n) is 1.36. The number of Topliss-reactive ketones (excluding diaryl/α,β-unsaturated/α-hetero) is 1. The second-order valence-corrected chi connectivity index (χ2v) is 3.77. The van der Waals surface area contributed by atoms with E-state index in [1.165, 1.54) is 6.08 Å². The van der Waals surface area contributed by atoms with Crippen LogP contribution in [0.25, 0.3) is 0 Å². The van der Waals surface area contributed by atoms with Crippen LogP contribution >= 0.6 is 0 Å². The van der Waals surface area contributed by atoms with E-state index < -0.39 is 0 Å². The summed E-state index contributed by atoms with van der Waals surface area (Å²) in [5, 5.41) is 0. The molecule has 96 valence electrons. The number of ketones is 1. The van der Waals surface area contributed by atoms with Gasteiger partial charge >= 0.3 is 5.97 Å². The van der Waals surface area contributed by atoms with Crippen LogP contribution in [0.1, 0.15) is 45.4 Å². The molecule has 0 N–H and O–H groups in total. The molecule has 0 bridgehead atoms. The van der Waals surface area contributed by atoms with E-state index in [4.69, 9.17) is 4.74 Å². The molecule has 0 atom stereocenters. The van der Waals surface area contributed by atoms with Crippen LogP contribution in [0.15, 0.2) is 24.8 Å². The van der Waals surface area contributed by atoms with Crippen LogP contribution in [0.5, 0.6) is 0 Å². The molecule has 0 aliphatic rings. The molecule has 0 aliphatic heterocycles. The molecule has 0 radical (unpaired) electrons. The van der Waals surface area contributed by atoms with Gasteiger partial charge in [0.15, 0.2) is 0 Å². The Kier molecular flexibility index (Phi) is 10.2. The first-order valence-corrected chi connectivity index (χ1v) is 6.16. The Morgan fingerprint density at radius 1 is 1.18 bits per heavy atom. The largest absolute Gasteiger partial charge is 0.463 e. The van der Waals surface area contributed by atoms with Gasteiger partial charge in [-0.05, 0) is 32.6 Å². The number of hydrogen-bond donors (Lipinski definition) is 0. The van der Waals surface area contributed by atoms with Gasteiger partial charge in [-0.3, -0.25) is 4.79 Å². The zero-order valence-corrected chi connectivity index (χ0v) is 10.6. The molecule has 0 fully saturated rings. The van der Waals surface area contributed by atoms with E-state index >= 15 is 0 Å². The lowest BCUT2D eigenvalue weighted by molar-refractivity contribution is -0.137. The molecule has 0 aromatic rings. The van der Waals surface area contributed by atoms with Crippen molar-refractivity contribution in [3.8, 4) is 0 Å². The summed E-state index contributed by atoms with van der Waals surface area (Å²) in [5.41, 5.74) is 0. The van der Waals surface area contributed by atoms with E-state index in [1.807, 2.05) is 6.08 Å². The Bertz CT molecular complexity index is 267. The van der Waals surface area contributed by atoms with Crippen molar-refractivity contribution >= 4 is 11.8 Å². The van der Waals surface area contributed by atoms with Gasteiger partial charge in [-0.15, -0.1) is 6.58 Å². The molecule has 3 nitrogen and oxygen atoms in total. The normalized spacial score (nSPS) is 10.4. The maximum Gasteiger partial charge on any atom is 0.330 e. The molecular weight excluding hydrogens is 216 g/mol. The highest BCUT2D eigenvalue weighted by Gasteiger charge is 2.00. The predicted octanol–water partition coefficient (Wildman–Crippen LogP) is 3.20. The first-order chi connectivity index (χ1) is 8.20. The summed E-state index contributed by atoms with van der Waals surface area (Å²) in [5.74, 6) is -0.0267. The van der Waals surface area contributed by atoms with Gasteiger partial charge in [0, 0.05) is 18.9 Å². The highest BCUT2D eigenvalue weighted by Crippen LogP contribution is 2.04. The number of esters is 1. The summed E-state index contributed by atoms with van der Waals surface area (Å²) in [6, 6.07) is 0. The summed E-state index contributed by atoms with van der Waals surface area (Å²) < 4.78 is 4.73. The highest BCUT2D eigenvalue weighted by molar-refractivity contribution is 5.81. The van der Waals surface area contributed by atoms with Gasteiger partial charge in [0.25, 0.3) is 0 Å². The number of carbonyl (C=O) groups excluding carboxylic acids is 2. The van der Waals surface area contributed by atoms with Crippen molar-refractivity contribution < 1.29 is 14.3 Å². The number of carbonyl (C=O) groups is 2. The molecule has 0 aromatic carbocycles. The lowest BCUT2D eigenvalue weighted by atomic mass is 10.1. The van der Waals surface area contributed by atoms with Gasteiger partial charge in [-0.1, -0.05) is 12.2 Å². The molecule has 0 heterocycles. The molecular formula is C14H22O3. The van der Waals surface area contributed by atoms with E-state index in [9.17, 15) is 9.59 Å². The van der Waals surface area contributed by atoms with Gasteiger partial charge in [0.2, 0.25) is 0 Å². The maximum absolute atomic E-state index is 11.4. The summed E-state index contributed by atoms with van der Waals surface area (Å²) in [7, 11) is 0. The lowest BCUT2D eigenvalue weighted by Gasteiger charge is -1.98. The molecule has 0 amide bonds. The minimum Gasteiger partial charge on any atom is -0.463 e. The zero-order valence-electron chi connectivity index (χ0n) is 10.6. The van der Waals surface area contributed by atoms with Crippen LogP contribution < -0.4 is 0 Å². The van der Waals surface area contributed by atoms with E-state index in [0.717, 1.165) is 25.7 Å². The van der Waals surface area contributed by atoms with Crippen molar-refractivity contribution in [1.82, 2.24) is 0 Å². The molecule has 0 aliphatic carbocycles. The van der Waals surface area contributed by atoms with Crippen LogP contribution in [0, 0.1) is 0 Å². The first kappa shape index (κ1) is 15.6. The fourth-order valence-corrected chi connectivity index (χ4v) is 1.36. The van der Waals surface area contributed by atoms with Crippen LogP contribution in [0.2, 0.25) is 0 Å². The monoisotopic (exact) mass is 238 g/mol. The second kappa shape index (κ2) is 11.1. The van der Waals surface area contributed by atoms with Crippen LogP contribution in [-0.2, 0) is 14.3 Å². The second-order valence-electron chi connectivity index (χ2n) is 3.77. The minimum absolute atomic E-state index is 0.288. The SMILES string of the molecule is C=CCCCC(=O)CCC/C=C/C(=O)OCC. The molecule has 3 heteroatoms. The number of rotatable bonds is 10. The summed E-state index contributed by atoms with van der Waals surface area (Å²) in [4.78, 5) is 22.3. The zero-order chi connectivity index (χ0) is 12.9. The van der Waals surface area contributed by atoms with Crippen molar-refractivity contribution in [2.24, 2.45) is 0 Å². The number of unbranched alkanes of at least 4 members (excludes halogenated alkanes) is 2. The Hall–Kier alpha value is -1.38. The number of hydrogen-bond acceptors (Lipinski definition) is 3. The Morgan fingerprint density at radius 2 is 1.82 bits per heavy atom. The van der Waals surface area contributed by atoms with Crippen molar-refractivity contribution in [2.45, 2.75) is 45.4 Å². The van der Waals surface area contributed by atoms with Crippen LogP contribution in [-0.4, -0.2) is 18.4 Å². The molecule has 17 heavy (non-hydrogen) atoms. The highest BCUT2D eigenvalue weighted by atomic mass is 16.5. The van der Waals surface area contributed by atoms with Gasteiger partial charge in [0.05, 0.1) is 6.61 Å². The quantitative estimate of drug-likeness (QED) is 0.254. The molecule has 0 saturated heterocycles. The molecule has 0 spiro atoms. The standard InChI is InChI=1S/C14H22O3/c1-3-5-7-10-13(15)11-8-6-9-12-14(16)17-4-2/h3,9,12H,1,4-8,10-11H2,2H3/b12-9+. The van der Waals surface area contributed by atoms with Crippen molar-refractivity contribution in [2.75, 3.05) is 6.61 Å². The number of allylic oxidation sites excluding steroid dienone is 2. The molecule has 0 rings (SSSR count). The van der Waals surface area contributed by atoms with Crippen molar-refractivity contribution in [3.05, 3.63) is 24.8 Å². The maximum atomic E-state index is 11.4. The minimum atomic E-state index is -0.315. The third kappa shape index (κ3) is 10.9. The Balaban J connectivity index is 3.47. The van der Waals surface area contributed by atoms with Gasteiger partial charge in [-0.25, -0.2) is 4.79 Å². The van der Waals surface area contributed by atoms with Crippen LogP contribution in [0.3, 0.4) is 0 Å². The average molecular weight is 238 g/mol. The van der Waals surface area contributed by atoms with Crippen molar-refractivity contribution in [3.63, 3.8) is 0 Å². The van der Waals surface area contributed by atoms with Gasteiger partial charge in [-0.2, -0.15) is 0 Å². The van der Waals surface area contributed by atoms with Crippen LogP contribution in [0.4, 0.5) is 0 Å². The lowest BCUT2D eigenvalue weighted by Crippen LogP contribution is -1.99. The molecule has 0 aromatic heterocycles. The topological polar surface area (TPSA) is 43.4 Å². The third-order valence-electron chi connectivity index (χ3n) is 2.23. The van der Waals surface area contributed by atoms with E-state index in [2.05, 4.69) is 6.58 Å². The summed E-state index contributed by atoms with van der Waals surface area (Å²) in [6.45, 7) is 5.78. The Morgan fingerprint density at radius 3 is 2.41 bits per heavy atom. The van der Waals surface area contributed by atoms with E-state index in [0.29, 0.717) is 19.4 Å². The summed E-state index contributed by atoms with van der Waals surface area (Å²) >= 11 is 0. The predicted molar refractivity (Wildman–Crippen MR) is 68.7 cm³/mol.